The number of hydrogen-bond donors (Lipinski definition) is 0. The number of rotatable bonds is 4. The first-order chi connectivity index (χ1) is 4.18. The fourth-order valence-electron chi connectivity index (χ4n) is 0.349. The lowest BCUT2D eigenvalue weighted by molar-refractivity contribution is -0.570. The Morgan fingerprint density at radius 3 is 2.67 bits per heavy atom. The number of ether oxygens (including phenoxy) is 1. The van der Waals surface area contributed by atoms with E-state index in [0.29, 0.717) is 6.61 Å². The summed E-state index contributed by atoms with van der Waals surface area (Å²) in [5, 5.41) is 9.89. The molecule has 0 aromatic rings. The molecule has 0 aromatic heterocycles. The standard InChI is InChI=1S/C5H11NO3/c1-3-4-9-5(2)6(7)8/h5H,3-4H2,1-2H3. The van der Waals surface area contributed by atoms with Crippen molar-refractivity contribution < 1.29 is 9.66 Å². The zero-order valence-electron chi connectivity index (χ0n) is 5.66. The highest BCUT2D eigenvalue weighted by Gasteiger charge is 2.10. The lowest BCUT2D eigenvalue weighted by Crippen LogP contribution is -2.19. The molecule has 0 saturated carbocycles. The summed E-state index contributed by atoms with van der Waals surface area (Å²) in [5.41, 5.74) is 0. The highest BCUT2D eigenvalue weighted by molar-refractivity contribution is 4.28. The van der Waals surface area contributed by atoms with Crippen molar-refractivity contribution in [1.29, 1.82) is 0 Å². The molecule has 9 heavy (non-hydrogen) atoms. The minimum atomic E-state index is -0.857. The van der Waals surface area contributed by atoms with Crippen LogP contribution in [0, 0.1) is 10.1 Å². The maximum Gasteiger partial charge on any atom is 0.312 e. The lowest BCUT2D eigenvalue weighted by Gasteiger charge is -2.02. The minimum Gasteiger partial charge on any atom is -0.317 e. The Morgan fingerprint density at radius 1 is 1.78 bits per heavy atom. The molecular weight excluding hydrogens is 122 g/mol. The van der Waals surface area contributed by atoms with Gasteiger partial charge in [-0.1, -0.05) is 6.92 Å². The van der Waals surface area contributed by atoms with E-state index in [-0.39, 0.29) is 0 Å². The fraction of sp³-hybridized carbons (Fsp3) is 1.00. The molecule has 1 unspecified atom stereocenters. The van der Waals surface area contributed by atoms with E-state index in [1.54, 1.807) is 0 Å². The molecule has 0 spiro atoms. The van der Waals surface area contributed by atoms with E-state index in [9.17, 15) is 10.1 Å². The third-order valence-corrected chi connectivity index (χ3v) is 0.860. The van der Waals surface area contributed by atoms with Crippen LogP contribution in [0.2, 0.25) is 0 Å². The molecule has 0 N–H and O–H groups in total. The molecule has 0 radical (unpaired) electrons. The first-order valence-corrected chi connectivity index (χ1v) is 2.93. The Bertz CT molecular complexity index is 94.2. The second-order valence-corrected chi connectivity index (χ2v) is 1.76. The van der Waals surface area contributed by atoms with E-state index in [4.69, 9.17) is 4.74 Å². The maximum atomic E-state index is 9.89. The van der Waals surface area contributed by atoms with E-state index in [1.165, 1.54) is 6.92 Å². The van der Waals surface area contributed by atoms with Gasteiger partial charge in [-0.05, 0) is 6.42 Å². The molecule has 4 nitrogen and oxygen atoms in total. The molecule has 0 aromatic carbocycles. The summed E-state index contributed by atoms with van der Waals surface area (Å²) in [4.78, 5) is 9.44. The molecule has 0 amide bonds. The Morgan fingerprint density at radius 2 is 2.33 bits per heavy atom. The molecule has 0 fully saturated rings. The van der Waals surface area contributed by atoms with Gasteiger partial charge in [0.1, 0.15) is 0 Å². The van der Waals surface area contributed by atoms with Gasteiger partial charge in [-0.2, -0.15) is 0 Å². The van der Waals surface area contributed by atoms with Crippen LogP contribution in [0.25, 0.3) is 0 Å². The molecule has 1 atom stereocenters. The normalized spacial score (nSPS) is 13.1. The summed E-state index contributed by atoms with van der Waals surface area (Å²) in [7, 11) is 0. The molecule has 0 aliphatic carbocycles. The molecule has 54 valence electrons. The number of nitro groups is 1. The van der Waals surface area contributed by atoms with E-state index in [0.717, 1.165) is 6.42 Å². The van der Waals surface area contributed by atoms with Crippen LogP contribution in [0.1, 0.15) is 20.3 Å². The Kier molecular flexibility index (Phi) is 3.96. The van der Waals surface area contributed by atoms with Crippen LogP contribution in [0.15, 0.2) is 0 Å². The van der Waals surface area contributed by atoms with Crippen molar-refractivity contribution in [1.82, 2.24) is 0 Å². The minimum absolute atomic E-state index is 0.449. The number of nitrogens with zero attached hydrogens (tertiary/aromatic N) is 1. The van der Waals surface area contributed by atoms with Gasteiger partial charge >= 0.3 is 6.23 Å². The van der Waals surface area contributed by atoms with Crippen molar-refractivity contribution in [2.24, 2.45) is 0 Å². The SMILES string of the molecule is CCCOC(C)[N+](=O)[O-]. The molecule has 0 rings (SSSR count). The Hall–Kier alpha value is -0.640. The van der Waals surface area contributed by atoms with Gasteiger partial charge < -0.3 is 4.74 Å². The van der Waals surface area contributed by atoms with Crippen LogP contribution in [0.3, 0.4) is 0 Å². The monoisotopic (exact) mass is 133 g/mol. The van der Waals surface area contributed by atoms with Crippen LogP contribution in [0.5, 0.6) is 0 Å². The predicted molar refractivity (Wildman–Crippen MR) is 32.7 cm³/mol. The quantitative estimate of drug-likeness (QED) is 0.327. The molecule has 0 saturated heterocycles. The first-order valence-electron chi connectivity index (χ1n) is 2.93. The summed E-state index contributed by atoms with van der Waals surface area (Å²) >= 11 is 0. The molecular formula is C5H11NO3. The van der Waals surface area contributed by atoms with Crippen LogP contribution >= 0.6 is 0 Å². The third-order valence-electron chi connectivity index (χ3n) is 0.860. The highest BCUT2D eigenvalue weighted by atomic mass is 16.7. The lowest BCUT2D eigenvalue weighted by atomic mass is 10.5. The van der Waals surface area contributed by atoms with Gasteiger partial charge in [-0.15, -0.1) is 0 Å². The average molecular weight is 133 g/mol. The summed E-state index contributed by atoms with van der Waals surface area (Å²) in [6, 6.07) is 0. The predicted octanol–water partition coefficient (Wildman–Crippen LogP) is 1.04. The smallest absolute Gasteiger partial charge is 0.312 e. The zero-order chi connectivity index (χ0) is 7.28. The van der Waals surface area contributed by atoms with Crippen molar-refractivity contribution in [2.75, 3.05) is 6.61 Å². The topological polar surface area (TPSA) is 52.4 Å². The van der Waals surface area contributed by atoms with Gasteiger partial charge in [-0.25, -0.2) is 0 Å². The largest absolute Gasteiger partial charge is 0.317 e. The van der Waals surface area contributed by atoms with Crippen molar-refractivity contribution in [3.8, 4) is 0 Å². The second kappa shape index (κ2) is 4.26. The van der Waals surface area contributed by atoms with Crippen LogP contribution in [-0.4, -0.2) is 17.8 Å². The van der Waals surface area contributed by atoms with Crippen LogP contribution in [0.4, 0.5) is 0 Å². The van der Waals surface area contributed by atoms with Crippen LogP contribution < -0.4 is 0 Å². The maximum absolute atomic E-state index is 9.89. The Labute approximate surface area is 54.0 Å². The fourth-order valence-corrected chi connectivity index (χ4v) is 0.349. The second-order valence-electron chi connectivity index (χ2n) is 1.76. The van der Waals surface area contributed by atoms with Gasteiger partial charge in [0.2, 0.25) is 0 Å². The van der Waals surface area contributed by atoms with Gasteiger partial charge in [0, 0.05) is 6.92 Å². The van der Waals surface area contributed by atoms with Gasteiger partial charge in [0.05, 0.1) is 11.5 Å². The average Bonchev–Trinajstić information content (AvgIpc) is 1.82. The summed E-state index contributed by atoms with van der Waals surface area (Å²) in [6.45, 7) is 3.80. The van der Waals surface area contributed by atoms with E-state index >= 15 is 0 Å². The number of hydrogen-bond acceptors (Lipinski definition) is 3. The van der Waals surface area contributed by atoms with E-state index in [2.05, 4.69) is 0 Å². The van der Waals surface area contributed by atoms with Gasteiger partial charge in [0.25, 0.3) is 0 Å². The van der Waals surface area contributed by atoms with Crippen molar-refractivity contribution >= 4 is 0 Å². The van der Waals surface area contributed by atoms with Crippen LogP contribution in [-0.2, 0) is 4.74 Å². The van der Waals surface area contributed by atoms with Gasteiger partial charge in [0.15, 0.2) is 0 Å². The first kappa shape index (κ1) is 8.36. The van der Waals surface area contributed by atoms with Crippen molar-refractivity contribution in [2.45, 2.75) is 26.5 Å². The van der Waals surface area contributed by atoms with Crippen molar-refractivity contribution in [3.63, 3.8) is 0 Å². The molecule has 0 aliphatic rings. The van der Waals surface area contributed by atoms with E-state index in [1.807, 2.05) is 6.92 Å². The zero-order valence-corrected chi connectivity index (χ0v) is 5.66. The molecule has 4 heteroatoms. The highest BCUT2D eigenvalue weighted by Crippen LogP contribution is 1.91. The summed E-state index contributed by atoms with van der Waals surface area (Å²) in [5.74, 6) is 0. The van der Waals surface area contributed by atoms with Gasteiger partial charge in [-0.3, -0.25) is 10.1 Å². The van der Waals surface area contributed by atoms with E-state index < -0.39 is 11.2 Å². The molecule has 0 bridgehead atoms. The molecule has 0 aliphatic heterocycles. The summed E-state index contributed by atoms with van der Waals surface area (Å²) in [6.07, 6.45) is -0.0389. The Balaban J connectivity index is 3.27. The van der Waals surface area contributed by atoms with Crippen molar-refractivity contribution in [3.05, 3.63) is 10.1 Å². The summed E-state index contributed by atoms with van der Waals surface area (Å²) < 4.78 is 4.75. The molecule has 0 heterocycles. The third kappa shape index (κ3) is 3.90.